The molecule has 2 aromatic rings. The van der Waals surface area contributed by atoms with Crippen LogP contribution < -0.4 is 5.73 Å². The van der Waals surface area contributed by atoms with Crippen LogP contribution in [0.15, 0.2) is 12.1 Å². The highest BCUT2D eigenvalue weighted by Crippen LogP contribution is 2.55. The van der Waals surface area contributed by atoms with Gasteiger partial charge in [0.1, 0.15) is 5.82 Å². The third-order valence-corrected chi connectivity index (χ3v) is 6.15. The highest BCUT2D eigenvalue weighted by atomic mass is 19.1. The first kappa shape index (κ1) is 20.1. The van der Waals surface area contributed by atoms with Crippen molar-refractivity contribution in [3.05, 3.63) is 40.6 Å². The van der Waals surface area contributed by atoms with E-state index in [0.717, 1.165) is 29.7 Å². The minimum atomic E-state index is -1.53. The van der Waals surface area contributed by atoms with Gasteiger partial charge in [-0.2, -0.15) is 0 Å². The molecule has 3 aliphatic rings. The van der Waals surface area contributed by atoms with E-state index in [2.05, 4.69) is 16.8 Å². The molecule has 1 saturated carbocycles. The third kappa shape index (κ3) is 3.06. The molecule has 0 radical (unpaired) electrons. The third-order valence-electron chi connectivity index (χ3n) is 6.15. The van der Waals surface area contributed by atoms with E-state index in [0.29, 0.717) is 12.2 Å². The summed E-state index contributed by atoms with van der Waals surface area (Å²) in [5.41, 5.74) is 8.64. The summed E-state index contributed by atoms with van der Waals surface area (Å²) >= 11 is 0. The van der Waals surface area contributed by atoms with E-state index in [4.69, 9.17) is 5.73 Å². The van der Waals surface area contributed by atoms with Crippen LogP contribution in [0.25, 0.3) is 11.3 Å². The summed E-state index contributed by atoms with van der Waals surface area (Å²) in [7, 11) is 3.32. The number of carbonyl (C=O) groups is 2. The highest BCUT2D eigenvalue weighted by molar-refractivity contribution is 5.91. The molecule has 0 saturated heterocycles. The van der Waals surface area contributed by atoms with E-state index in [1.807, 2.05) is 0 Å². The number of aliphatic hydroxyl groups is 1. The standard InChI is InChI=1S/C22H23FN4O3/c1-4-26(2)22(30)17(28)6-5-11-9-15-14(10-16(11)23)12-7-13(8-12)19-18(15)25-21(20(24)29)27(19)3/h9-10,12-13,17,28H,4,7-8H2,1-3H3,(H2,24,29)/t12?,13?,17-/m0/s1. The molecule has 0 aliphatic heterocycles. The lowest BCUT2D eigenvalue weighted by atomic mass is 9.71. The molecule has 30 heavy (non-hydrogen) atoms. The second kappa shape index (κ2) is 7.26. The maximum Gasteiger partial charge on any atom is 0.284 e. The topological polar surface area (TPSA) is 101 Å². The van der Waals surface area contributed by atoms with Gasteiger partial charge in [-0.3, -0.25) is 9.59 Å². The zero-order chi connectivity index (χ0) is 21.7. The molecule has 8 heteroatoms. The van der Waals surface area contributed by atoms with E-state index in [1.54, 1.807) is 31.7 Å². The molecule has 7 nitrogen and oxygen atoms in total. The molecule has 1 aromatic heterocycles. The highest BCUT2D eigenvalue weighted by Gasteiger charge is 2.41. The SMILES string of the molecule is CCN(C)C(=O)[C@@H](O)C#Cc1cc2c(cc1F)C1CC(C1)c1c-2nc(C(N)=O)n1C. The number of benzene rings is 1. The molecular formula is C22H23FN4O3. The van der Waals surface area contributed by atoms with Crippen LogP contribution in [0.4, 0.5) is 4.39 Å². The molecule has 1 aromatic carbocycles. The van der Waals surface area contributed by atoms with Gasteiger partial charge < -0.3 is 20.3 Å². The van der Waals surface area contributed by atoms with Crippen molar-refractivity contribution >= 4 is 11.8 Å². The van der Waals surface area contributed by atoms with Crippen LogP contribution in [-0.4, -0.2) is 51.1 Å². The van der Waals surface area contributed by atoms with Crippen molar-refractivity contribution in [1.29, 1.82) is 0 Å². The number of carbonyl (C=O) groups excluding carboxylic acids is 2. The molecular weight excluding hydrogens is 387 g/mol. The number of aromatic nitrogens is 2. The fourth-order valence-corrected chi connectivity index (χ4v) is 4.29. The summed E-state index contributed by atoms with van der Waals surface area (Å²) in [5.74, 6) is 3.98. The molecule has 1 fully saturated rings. The van der Waals surface area contributed by atoms with Gasteiger partial charge in [-0.25, -0.2) is 9.37 Å². The van der Waals surface area contributed by atoms with E-state index >= 15 is 0 Å². The van der Waals surface area contributed by atoms with Crippen LogP contribution >= 0.6 is 0 Å². The number of hydrogen-bond donors (Lipinski definition) is 2. The van der Waals surface area contributed by atoms with Gasteiger partial charge in [-0.05, 0) is 43.4 Å². The molecule has 156 valence electrons. The molecule has 0 unspecified atom stereocenters. The lowest BCUT2D eigenvalue weighted by molar-refractivity contribution is -0.135. The number of hydrogen-bond acceptors (Lipinski definition) is 4. The van der Waals surface area contributed by atoms with Crippen molar-refractivity contribution < 1.29 is 19.1 Å². The van der Waals surface area contributed by atoms with Crippen molar-refractivity contribution in [3.8, 4) is 23.1 Å². The number of halogens is 1. The summed E-state index contributed by atoms with van der Waals surface area (Å²) in [5, 5.41) is 10.0. The Morgan fingerprint density at radius 3 is 2.73 bits per heavy atom. The van der Waals surface area contributed by atoms with E-state index in [9.17, 15) is 19.1 Å². The summed E-state index contributed by atoms with van der Waals surface area (Å²) in [4.78, 5) is 29.6. The van der Waals surface area contributed by atoms with Crippen LogP contribution in [0.5, 0.6) is 0 Å². The van der Waals surface area contributed by atoms with E-state index in [1.165, 1.54) is 11.0 Å². The lowest BCUT2D eigenvalue weighted by Gasteiger charge is -2.34. The predicted octanol–water partition coefficient (Wildman–Crippen LogP) is 1.49. The Morgan fingerprint density at radius 1 is 1.40 bits per heavy atom. The summed E-state index contributed by atoms with van der Waals surface area (Å²) in [6, 6.07) is 3.05. The average molecular weight is 410 g/mol. The second-order valence-electron chi connectivity index (χ2n) is 7.90. The maximum absolute atomic E-state index is 14.8. The van der Waals surface area contributed by atoms with Crippen molar-refractivity contribution in [2.24, 2.45) is 12.8 Å². The molecule has 5 rings (SSSR count). The number of likely N-dealkylation sites (N-methyl/N-ethyl adjacent to an activating group) is 1. The van der Waals surface area contributed by atoms with Crippen molar-refractivity contribution in [2.45, 2.75) is 37.7 Å². The van der Waals surface area contributed by atoms with Crippen molar-refractivity contribution in [3.63, 3.8) is 0 Å². The average Bonchev–Trinajstić information content (AvgIpc) is 2.88. The monoisotopic (exact) mass is 410 g/mol. The van der Waals surface area contributed by atoms with Crippen LogP contribution in [0.2, 0.25) is 0 Å². The zero-order valence-electron chi connectivity index (χ0n) is 17.1. The van der Waals surface area contributed by atoms with Gasteiger partial charge in [0.2, 0.25) is 0 Å². The minimum Gasteiger partial charge on any atom is -0.372 e. The van der Waals surface area contributed by atoms with Gasteiger partial charge in [0, 0.05) is 37.8 Å². The Kier molecular flexibility index (Phi) is 4.86. The molecule has 2 amide bonds. The Bertz CT molecular complexity index is 1120. The van der Waals surface area contributed by atoms with Crippen LogP contribution in [-0.2, 0) is 11.8 Å². The quantitative estimate of drug-likeness (QED) is 0.749. The number of amides is 2. The molecule has 2 bridgehead atoms. The van der Waals surface area contributed by atoms with Gasteiger partial charge in [0.15, 0.2) is 11.9 Å². The number of aliphatic hydroxyl groups excluding tert-OH is 1. The van der Waals surface area contributed by atoms with Crippen LogP contribution in [0.3, 0.4) is 0 Å². The van der Waals surface area contributed by atoms with Gasteiger partial charge in [0.25, 0.3) is 11.8 Å². The first-order valence-corrected chi connectivity index (χ1v) is 9.87. The molecule has 3 N–H and O–H groups in total. The maximum atomic E-state index is 14.8. The fraction of sp³-hybridized carbons (Fsp3) is 0.409. The molecule has 1 atom stereocenters. The zero-order valence-corrected chi connectivity index (χ0v) is 17.1. The van der Waals surface area contributed by atoms with Gasteiger partial charge in [-0.15, -0.1) is 0 Å². The molecule has 0 spiro atoms. The molecule has 1 heterocycles. The van der Waals surface area contributed by atoms with Crippen molar-refractivity contribution in [2.75, 3.05) is 13.6 Å². The number of imidazole rings is 1. The van der Waals surface area contributed by atoms with Crippen LogP contribution in [0, 0.1) is 17.7 Å². The Morgan fingerprint density at radius 2 is 2.10 bits per heavy atom. The number of rotatable bonds is 3. The normalized spacial score (nSPS) is 19.4. The van der Waals surface area contributed by atoms with E-state index < -0.39 is 23.7 Å². The Labute approximate surface area is 173 Å². The Balaban J connectivity index is 1.80. The number of nitrogens with zero attached hydrogens (tertiary/aromatic N) is 3. The number of primary amides is 1. The van der Waals surface area contributed by atoms with Crippen molar-refractivity contribution in [1.82, 2.24) is 14.5 Å². The second-order valence-corrected chi connectivity index (χ2v) is 7.90. The number of nitrogens with two attached hydrogens (primary N) is 1. The minimum absolute atomic E-state index is 0.0658. The first-order chi connectivity index (χ1) is 14.2. The summed E-state index contributed by atoms with van der Waals surface area (Å²) in [6.45, 7) is 2.21. The van der Waals surface area contributed by atoms with Gasteiger partial charge in [0.05, 0.1) is 11.3 Å². The first-order valence-electron chi connectivity index (χ1n) is 9.87. The fourth-order valence-electron chi connectivity index (χ4n) is 4.29. The van der Waals surface area contributed by atoms with Crippen LogP contribution in [0.1, 0.15) is 59.0 Å². The van der Waals surface area contributed by atoms with Gasteiger partial charge >= 0.3 is 0 Å². The summed E-state index contributed by atoms with van der Waals surface area (Å²) < 4.78 is 16.5. The predicted molar refractivity (Wildman–Crippen MR) is 108 cm³/mol. The lowest BCUT2D eigenvalue weighted by Crippen LogP contribution is -2.35. The molecule has 3 aliphatic carbocycles. The largest absolute Gasteiger partial charge is 0.372 e. The smallest absolute Gasteiger partial charge is 0.284 e. The Hall–Kier alpha value is -3.18. The van der Waals surface area contributed by atoms with Gasteiger partial charge in [-0.1, -0.05) is 11.8 Å². The van der Waals surface area contributed by atoms with E-state index in [-0.39, 0.29) is 23.2 Å². The summed E-state index contributed by atoms with van der Waals surface area (Å²) in [6.07, 6.45) is 0.185.